The van der Waals surface area contributed by atoms with Crippen LogP contribution in [0.3, 0.4) is 0 Å². The Hall–Kier alpha value is -1.43. The van der Waals surface area contributed by atoms with E-state index in [1.165, 1.54) is 24.2 Å². The van der Waals surface area contributed by atoms with Crippen molar-refractivity contribution in [3.05, 3.63) is 15.6 Å². The van der Waals surface area contributed by atoms with Gasteiger partial charge < -0.3 is 10.4 Å². The van der Waals surface area contributed by atoms with Crippen LogP contribution in [-0.2, 0) is 11.2 Å². The van der Waals surface area contributed by atoms with Crippen LogP contribution >= 0.6 is 11.3 Å². The molecule has 0 radical (unpaired) electrons. The number of carboxylic acid groups (broad SMARTS) is 1. The Balaban J connectivity index is 2.07. The van der Waals surface area contributed by atoms with Gasteiger partial charge in [0, 0.05) is 6.42 Å². The molecule has 0 bridgehead atoms. The second-order valence-corrected chi connectivity index (χ2v) is 6.93. The largest absolute Gasteiger partial charge is 0.480 e. The van der Waals surface area contributed by atoms with Crippen molar-refractivity contribution in [3.8, 4) is 0 Å². The number of aliphatic carboxylic acids is 1. The van der Waals surface area contributed by atoms with Crippen LogP contribution in [0, 0.1) is 18.8 Å². The molecule has 1 amide bonds. The predicted molar refractivity (Wildman–Crippen MR) is 81.6 cm³/mol. The van der Waals surface area contributed by atoms with Gasteiger partial charge in [-0.05, 0) is 31.6 Å². The minimum atomic E-state index is -0.988. The predicted octanol–water partition coefficient (Wildman–Crippen LogP) is 2.63. The summed E-state index contributed by atoms with van der Waals surface area (Å²) < 4.78 is 0. The molecule has 21 heavy (non-hydrogen) atoms. The number of carbonyl (C=O) groups excluding carboxylic acids is 1. The monoisotopic (exact) mass is 310 g/mol. The summed E-state index contributed by atoms with van der Waals surface area (Å²) in [6.45, 7) is 5.55. The lowest BCUT2D eigenvalue weighted by atomic mass is 9.99. The van der Waals surface area contributed by atoms with Gasteiger partial charge in [-0.1, -0.05) is 20.3 Å². The molecule has 2 atom stereocenters. The normalized spacial score (nSPS) is 17.3. The van der Waals surface area contributed by atoms with Crippen LogP contribution in [0.5, 0.6) is 0 Å². The van der Waals surface area contributed by atoms with Gasteiger partial charge in [0.2, 0.25) is 0 Å². The fourth-order valence-electron chi connectivity index (χ4n) is 2.21. The van der Waals surface area contributed by atoms with E-state index in [2.05, 4.69) is 10.3 Å². The van der Waals surface area contributed by atoms with Crippen molar-refractivity contribution < 1.29 is 14.7 Å². The third kappa shape index (κ3) is 4.03. The number of aromatic nitrogens is 1. The first-order valence-electron chi connectivity index (χ1n) is 7.42. The van der Waals surface area contributed by atoms with Crippen molar-refractivity contribution >= 4 is 23.2 Å². The summed E-state index contributed by atoms with van der Waals surface area (Å²) in [6.07, 6.45) is 4.13. The molecule has 1 aromatic heterocycles. The first kappa shape index (κ1) is 15.9. The second-order valence-electron chi connectivity index (χ2n) is 5.84. The third-order valence-corrected chi connectivity index (χ3v) is 5.15. The Morgan fingerprint density at radius 3 is 2.67 bits per heavy atom. The zero-order chi connectivity index (χ0) is 15.6. The summed E-state index contributed by atoms with van der Waals surface area (Å²) in [5, 5.41) is 12.9. The van der Waals surface area contributed by atoms with Crippen molar-refractivity contribution in [3.63, 3.8) is 0 Å². The van der Waals surface area contributed by atoms with Gasteiger partial charge in [0.15, 0.2) is 0 Å². The highest BCUT2D eigenvalue weighted by Crippen LogP contribution is 2.34. The van der Waals surface area contributed by atoms with Crippen LogP contribution in [0.4, 0.5) is 0 Å². The zero-order valence-electron chi connectivity index (χ0n) is 12.7. The van der Waals surface area contributed by atoms with Crippen LogP contribution in [0.2, 0.25) is 0 Å². The van der Waals surface area contributed by atoms with E-state index in [-0.39, 0.29) is 11.8 Å². The molecule has 0 unspecified atom stereocenters. The summed E-state index contributed by atoms with van der Waals surface area (Å²) >= 11 is 1.39. The van der Waals surface area contributed by atoms with Gasteiger partial charge in [-0.2, -0.15) is 0 Å². The average molecular weight is 310 g/mol. The van der Waals surface area contributed by atoms with Gasteiger partial charge >= 0.3 is 5.97 Å². The van der Waals surface area contributed by atoms with E-state index in [0.717, 1.165) is 17.3 Å². The van der Waals surface area contributed by atoms with Crippen molar-refractivity contribution in [1.29, 1.82) is 0 Å². The van der Waals surface area contributed by atoms with Crippen LogP contribution in [0.15, 0.2) is 0 Å². The minimum Gasteiger partial charge on any atom is -0.480 e. The number of hydrogen-bond acceptors (Lipinski definition) is 4. The topological polar surface area (TPSA) is 79.3 Å². The number of amides is 1. The molecule has 2 N–H and O–H groups in total. The van der Waals surface area contributed by atoms with Gasteiger partial charge in [-0.3, -0.25) is 4.79 Å². The standard InChI is InChI=1S/C15H22N2O3S/c1-4-8(2)12(15(19)20)17-14(18)13-9(3)16-11(21-13)7-10-5-6-10/h8,10,12H,4-7H2,1-3H3,(H,17,18)(H,19,20)/t8-,12-/m0/s1. The molecule has 1 aliphatic carbocycles. The molecule has 1 aliphatic rings. The first-order valence-corrected chi connectivity index (χ1v) is 8.24. The summed E-state index contributed by atoms with van der Waals surface area (Å²) in [7, 11) is 0. The lowest BCUT2D eigenvalue weighted by Gasteiger charge is -2.19. The lowest BCUT2D eigenvalue weighted by Crippen LogP contribution is -2.44. The van der Waals surface area contributed by atoms with Gasteiger partial charge in [0.05, 0.1) is 10.7 Å². The first-order chi connectivity index (χ1) is 9.92. The smallest absolute Gasteiger partial charge is 0.326 e. The van der Waals surface area contributed by atoms with Crippen molar-refractivity contribution in [1.82, 2.24) is 10.3 Å². The van der Waals surface area contributed by atoms with Crippen LogP contribution < -0.4 is 5.32 Å². The van der Waals surface area contributed by atoms with Crippen molar-refractivity contribution in [2.24, 2.45) is 11.8 Å². The maximum Gasteiger partial charge on any atom is 0.326 e. The third-order valence-electron chi connectivity index (χ3n) is 3.97. The maximum atomic E-state index is 12.3. The molecule has 0 spiro atoms. The van der Waals surface area contributed by atoms with E-state index in [1.54, 1.807) is 6.92 Å². The van der Waals surface area contributed by atoms with E-state index in [4.69, 9.17) is 0 Å². The quantitative estimate of drug-likeness (QED) is 0.811. The summed E-state index contributed by atoms with van der Waals surface area (Å²) in [5.41, 5.74) is 0.696. The molecule has 1 heterocycles. The fourth-order valence-corrected chi connectivity index (χ4v) is 3.29. The molecular weight excluding hydrogens is 288 g/mol. The Morgan fingerprint density at radius 2 is 2.14 bits per heavy atom. The van der Waals surface area contributed by atoms with Gasteiger partial charge in [-0.25, -0.2) is 9.78 Å². The highest BCUT2D eigenvalue weighted by atomic mass is 32.1. The number of aryl methyl sites for hydroxylation is 1. The maximum absolute atomic E-state index is 12.3. The fraction of sp³-hybridized carbons (Fsp3) is 0.667. The Morgan fingerprint density at radius 1 is 1.48 bits per heavy atom. The summed E-state index contributed by atoms with van der Waals surface area (Å²) in [4.78, 5) is 28.6. The summed E-state index contributed by atoms with van der Waals surface area (Å²) in [5.74, 6) is -0.693. The molecule has 5 nitrogen and oxygen atoms in total. The Bertz CT molecular complexity index is 537. The molecule has 1 fully saturated rings. The SMILES string of the molecule is CC[C@H](C)[C@H](NC(=O)c1sc(CC2CC2)nc1C)C(=O)O. The van der Waals surface area contributed by atoms with Crippen molar-refractivity contribution in [2.45, 2.75) is 52.5 Å². The molecule has 116 valence electrons. The number of thiazole rings is 1. The minimum absolute atomic E-state index is 0.106. The molecular formula is C15H22N2O3S. The van der Waals surface area contributed by atoms with Crippen LogP contribution in [0.25, 0.3) is 0 Å². The number of carboxylic acids is 1. The molecule has 1 saturated carbocycles. The molecule has 6 heteroatoms. The molecule has 1 aromatic rings. The molecule has 0 aromatic carbocycles. The summed E-state index contributed by atoms with van der Waals surface area (Å²) in [6, 6.07) is -0.851. The molecule has 2 rings (SSSR count). The lowest BCUT2D eigenvalue weighted by molar-refractivity contribution is -0.140. The molecule has 0 saturated heterocycles. The van der Waals surface area contributed by atoms with E-state index in [0.29, 0.717) is 17.0 Å². The van der Waals surface area contributed by atoms with Crippen LogP contribution in [0.1, 0.15) is 53.5 Å². The zero-order valence-corrected chi connectivity index (χ0v) is 13.5. The second kappa shape index (κ2) is 6.56. The number of nitrogens with zero attached hydrogens (tertiary/aromatic N) is 1. The van der Waals surface area contributed by atoms with Crippen LogP contribution in [-0.4, -0.2) is 28.0 Å². The van der Waals surface area contributed by atoms with Gasteiger partial charge in [0.1, 0.15) is 10.9 Å². The van der Waals surface area contributed by atoms with E-state index in [1.807, 2.05) is 13.8 Å². The Labute approximate surface area is 128 Å². The number of carbonyl (C=O) groups is 2. The van der Waals surface area contributed by atoms with Crippen molar-refractivity contribution in [2.75, 3.05) is 0 Å². The number of nitrogens with one attached hydrogen (secondary N) is 1. The van der Waals surface area contributed by atoms with E-state index >= 15 is 0 Å². The highest BCUT2D eigenvalue weighted by molar-refractivity contribution is 7.13. The Kier molecular flexibility index (Phi) is 4.98. The van der Waals surface area contributed by atoms with E-state index in [9.17, 15) is 14.7 Å². The average Bonchev–Trinajstić information content (AvgIpc) is 3.16. The highest BCUT2D eigenvalue weighted by Gasteiger charge is 2.28. The number of rotatable bonds is 7. The molecule has 0 aliphatic heterocycles. The number of hydrogen-bond donors (Lipinski definition) is 2. The van der Waals surface area contributed by atoms with Gasteiger partial charge in [-0.15, -0.1) is 11.3 Å². The van der Waals surface area contributed by atoms with Gasteiger partial charge in [0.25, 0.3) is 5.91 Å². The van der Waals surface area contributed by atoms with E-state index < -0.39 is 12.0 Å².